The van der Waals surface area contributed by atoms with Crippen LogP contribution in [0.2, 0.25) is 0 Å². The lowest BCUT2D eigenvalue weighted by molar-refractivity contribution is -0.134. The van der Waals surface area contributed by atoms with E-state index in [1.54, 1.807) is 12.1 Å². The van der Waals surface area contributed by atoms with Gasteiger partial charge >= 0.3 is 11.9 Å². The third-order valence-electron chi connectivity index (χ3n) is 7.78. The molecule has 2 aromatic rings. The third kappa shape index (κ3) is 15.8. The zero-order valence-corrected chi connectivity index (χ0v) is 26.3. The Bertz CT molecular complexity index is 948. The molecule has 0 aliphatic rings. The summed E-state index contributed by atoms with van der Waals surface area (Å²) in [6.07, 6.45) is 23.4. The van der Waals surface area contributed by atoms with E-state index in [0.717, 1.165) is 36.8 Å². The molecular formula is C37H56O4. The van der Waals surface area contributed by atoms with Crippen LogP contribution in [-0.4, -0.2) is 18.0 Å². The Balaban J connectivity index is 1.52. The highest BCUT2D eigenvalue weighted by molar-refractivity contribution is 5.90. The summed E-state index contributed by atoms with van der Waals surface area (Å²) in [5, 5.41) is 0. The average Bonchev–Trinajstić information content (AvgIpc) is 2.97. The van der Waals surface area contributed by atoms with E-state index < -0.39 is 0 Å². The molecule has 228 valence electrons. The highest BCUT2D eigenvalue weighted by Crippen LogP contribution is 2.24. The summed E-state index contributed by atoms with van der Waals surface area (Å²) in [6.45, 7) is 6.28. The van der Waals surface area contributed by atoms with Gasteiger partial charge < -0.3 is 9.47 Å². The van der Waals surface area contributed by atoms with E-state index in [2.05, 4.69) is 13.8 Å². The molecule has 0 aliphatic carbocycles. The van der Waals surface area contributed by atoms with Gasteiger partial charge in [0.05, 0.1) is 11.7 Å². The van der Waals surface area contributed by atoms with E-state index in [-0.39, 0.29) is 18.0 Å². The van der Waals surface area contributed by atoms with Crippen LogP contribution in [0.4, 0.5) is 0 Å². The number of hydrogen-bond donors (Lipinski definition) is 0. The molecule has 4 nitrogen and oxygen atoms in total. The topological polar surface area (TPSA) is 52.6 Å². The van der Waals surface area contributed by atoms with Crippen molar-refractivity contribution in [3.8, 4) is 16.9 Å². The molecule has 0 fully saturated rings. The van der Waals surface area contributed by atoms with Crippen LogP contribution in [0.3, 0.4) is 0 Å². The summed E-state index contributed by atoms with van der Waals surface area (Å²) in [5.74, 6) is 0.118. The first kappa shape index (κ1) is 34.6. The second kappa shape index (κ2) is 22.0. The van der Waals surface area contributed by atoms with Crippen LogP contribution in [-0.2, 0) is 9.53 Å². The molecule has 4 heteroatoms. The van der Waals surface area contributed by atoms with Crippen molar-refractivity contribution in [3.63, 3.8) is 0 Å². The van der Waals surface area contributed by atoms with Gasteiger partial charge in [0.15, 0.2) is 0 Å². The van der Waals surface area contributed by atoms with E-state index in [1.807, 2.05) is 43.3 Å². The maximum atomic E-state index is 12.3. The van der Waals surface area contributed by atoms with E-state index in [9.17, 15) is 9.59 Å². The first-order valence-corrected chi connectivity index (χ1v) is 16.7. The Kier molecular flexibility index (Phi) is 18.6. The number of carbonyl (C=O) groups is 2. The number of rotatable bonds is 23. The lowest BCUT2D eigenvalue weighted by atomic mass is 10.0. The Morgan fingerprint density at radius 1 is 0.585 bits per heavy atom. The Morgan fingerprint density at radius 3 is 1.49 bits per heavy atom. The summed E-state index contributed by atoms with van der Waals surface area (Å²) in [6, 6.07) is 15.0. The zero-order chi connectivity index (χ0) is 29.5. The second-order valence-electron chi connectivity index (χ2n) is 11.6. The van der Waals surface area contributed by atoms with Crippen LogP contribution < -0.4 is 4.74 Å². The van der Waals surface area contributed by atoms with Gasteiger partial charge in [0.2, 0.25) is 0 Å². The highest BCUT2D eigenvalue weighted by atomic mass is 16.5. The van der Waals surface area contributed by atoms with Crippen molar-refractivity contribution in [1.82, 2.24) is 0 Å². The van der Waals surface area contributed by atoms with Gasteiger partial charge in [0.1, 0.15) is 5.75 Å². The van der Waals surface area contributed by atoms with Gasteiger partial charge in [0, 0.05) is 6.42 Å². The lowest BCUT2D eigenvalue weighted by Gasteiger charge is -2.12. The monoisotopic (exact) mass is 564 g/mol. The molecule has 0 aromatic heterocycles. The molecule has 1 unspecified atom stereocenters. The molecule has 2 rings (SSSR count). The Labute approximate surface area is 250 Å². The van der Waals surface area contributed by atoms with Crippen molar-refractivity contribution in [2.24, 2.45) is 0 Å². The van der Waals surface area contributed by atoms with Gasteiger partial charge in [0.25, 0.3) is 0 Å². The largest absolute Gasteiger partial charge is 0.459 e. The summed E-state index contributed by atoms with van der Waals surface area (Å²) in [7, 11) is 0. The second-order valence-corrected chi connectivity index (χ2v) is 11.6. The molecule has 1 atom stereocenters. The normalized spacial score (nSPS) is 11.8. The number of benzene rings is 2. The van der Waals surface area contributed by atoms with Crippen LogP contribution in [0, 0.1) is 0 Å². The molecule has 0 N–H and O–H groups in total. The smallest absolute Gasteiger partial charge is 0.338 e. The van der Waals surface area contributed by atoms with Gasteiger partial charge in [-0.2, -0.15) is 0 Å². The zero-order valence-electron chi connectivity index (χ0n) is 26.3. The Morgan fingerprint density at radius 2 is 1.02 bits per heavy atom. The molecule has 0 saturated carbocycles. The van der Waals surface area contributed by atoms with Gasteiger partial charge in [-0.3, -0.25) is 4.79 Å². The lowest BCUT2D eigenvalue weighted by Crippen LogP contribution is -2.14. The van der Waals surface area contributed by atoms with Gasteiger partial charge in [-0.25, -0.2) is 4.79 Å². The predicted molar refractivity (Wildman–Crippen MR) is 171 cm³/mol. The van der Waals surface area contributed by atoms with Crippen molar-refractivity contribution < 1.29 is 19.1 Å². The van der Waals surface area contributed by atoms with Crippen LogP contribution in [0.25, 0.3) is 11.1 Å². The van der Waals surface area contributed by atoms with Gasteiger partial charge in [-0.15, -0.1) is 0 Å². The first-order chi connectivity index (χ1) is 20.0. The fraction of sp³-hybridized carbons (Fsp3) is 0.622. The van der Waals surface area contributed by atoms with Crippen molar-refractivity contribution >= 4 is 11.9 Å². The summed E-state index contributed by atoms with van der Waals surface area (Å²) in [5.41, 5.74) is 2.55. The number of unbranched alkanes of at least 4 members (excludes halogenated alkanes) is 15. The average molecular weight is 565 g/mol. The first-order valence-electron chi connectivity index (χ1n) is 16.7. The van der Waals surface area contributed by atoms with Crippen molar-refractivity contribution in [2.75, 3.05) is 0 Å². The maximum Gasteiger partial charge on any atom is 0.338 e. The Hall–Kier alpha value is -2.62. The van der Waals surface area contributed by atoms with Crippen LogP contribution in [0.15, 0.2) is 48.5 Å². The van der Waals surface area contributed by atoms with E-state index in [4.69, 9.17) is 9.47 Å². The number of carbonyl (C=O) groups excluding carboxylic acids is 2. The minimum absolute atomic E-state index is 0.0773. The van der Waals surface area contributed by atoms with Crippen molar-refractivity contribution in [3.05, 3.63) is 54.1 Å². The molecule has 0 saturated heterocycles. The number of esters is 2. The molecular weight excluding hydrogens is 508 g/mol. The van der Waals surface area contributed by atoms with E-state index >= 15 is 0 Å². The van der Waals surface area contributed by atoms with Gasteiger partial charge in [-0.1, -0.05) is 141 Å². The highest BCUT2D eigenvalue weighted by Gasteiger charge is 2.12. The third-order valence-corrected chi connectivity index (χ3v) is 7.78. The molecule has 0 heterocycles. The van der Waals surface area contributed by atoms with Crippen LogP contribution >= 0.6 is 0 Å². The van der Waals surface area contributed by atoms with Crippen LogP contribution in [0.5, 0.6) is 5.75 Å². The summed E-state index contributed by atoms with van der Waals surface area (Å²) < 4.78 is 11.0. The van der Waals surface area contributed by atoms with E-state index in [0.29, 0.717) is 17.7 Å². The fourth-order valence-electron chi connectivity index (χ4n) is 5.23. The number of ether oxygens (including phenoxy) is 2. The molecule has 0 radical (unpaired) electrons. The molecule has 0 aliphatic heterocycles. The molecule has 0 amide bonds. The minimum Gasteiger partial charge on any atom is -0.459 e. The molecule has 0 bridgehead atoms. The quantitative estimate of drug-likeness (QED) is 0.0765. The molecule has 2 aromatic carbocycles. The minimum atomic E-state index is -0.288. The standard InChI is InChI=1S/C37H56O4/c1-4-6-7-8-9-10-11-12-13-14-15-16-17-18-19-20-22-36(38)41-35-29-27-33(28-30-35)32-23-25-34(26-24-32)37(39)40-31(3)21-5-2/h23-31H,4-22H2,1-3H3. The molecule has 41 heavy (non-hydrogen) atoms. The summed E-state index contributed by atoms with van der Waals surface area (Å²) in [4.78, 5) is 24.6. The SMILES string of the molecule is CCCCCCCCCCCCCCCCCCC(=O)Oc1ccc(-c2ccc(C(=O)OC(C)CCC)cc2)cc1. The van der Waals surface area contributed by atoms with Crippen molar-refractivity contribution in [1.29, 1.82) is 0 Å². The van der Waals surface area contributed by atoms with E-state index in [1.165, 1.54) is 89.9 Å². The molecule has 0 spiro atoms. The fourth-order valence-corrected chi connectivity index (χ4v) is 5.23. The van der Waals surface area contributed by atoms with Gasteiger partial charge in [-0.05, 0) is 55.2 Å². The predicted octanol–water partition coefficient (Wildman–Crippen LogP) is 11.3. The number of hydrogen-bond acceptors (Lipinski definition) is 4. The maximum absolute atomic E-state index is 12.3. The summed E-state index contributed by atoms with van der Waals surface area (Å²) >= 11 is 0. The van der Waals surface area contributed by atoms with Crippen LogP contribution in [0.1, 0.15) is 153 Å². The van der Waals surface area contributed by atoms with Crippen molar-refractivity contribution in [2.45, 2.75) is 149 Å².